The third kappa shape index (κ3) is 2.31. The van der Waals surface area contributed by atoms with Gasteiger partial charge in [0.15, 0.2) is 11.8 Å². The van der Waals surface area contributed by atoms with Crippen LogP contribution in [0.1, 0.15) is 35.6 Å². The van der Waals surface area contributed by atoms with Crippen LogP contribution in [0.3, 0.4) is 0 Å². The number of aliphatic hydroxyl groups is 1. The highest BCUT2D eigenvalue weighted by Crippen LogP contribution is 2.55. The molecule has 8 nitrogen and oxygen atoms in total. The van der Waals surface area contributed by atoms with Crippen LogP contribution in [-0.4, -0.2) is 42.9 Å². The van der Waals surface area contributed by atoms with Gasteiger partial charge in [-0.25, -0.2) is 4.79 Å². The maximum Gasteiger partial charge on any atom is 0.331 e. The molecular formula is C20H20N2O6. The lowest BCUT2D eigenvalue weighted by Crippen LogP contribution is -2.70. The molecule has 6 N–H and O–H groups in total. The number of aromatic hydroxyl groups is 2. The number of carboxylic acids is 1. The van der Waals surface area contributed by atoms with Gasteiger partial charge in [-0.1, -0.05) is 30.3 Å². The first-order valence-corrected chi connectivity index (χ1v) is 8.85. The minimum Gasteiger partial charge on any atom is -0.508 e. The van der Waals surface area contributed by atoms with E-state index in [9.17, 15) is 30.0 Å². The number of carbonyl (C=O) groups is 2. The molecule has 0 aromatic heterocycles. The van der Waals surface area contributed by atoms with E-state index >= 15 is 0 Å². The van der Waals surface area contributed by atoms with Crippen molar-refractivity contribution in [2.45, 2.75) is 36.6 Å². The standard InChI is InChI=1S/C20H20N2O6/c21-19(10-11-4-2-1-3-5-11)16-13(8-12(23)9-14(16)24)17(18(26)27)22-15(25)6-7-20(19,22)28/h1-5,8-9,17,23-24,28H,6-7,10,21H2,(H,26,27). The highest BCUT2D eigenvalue weighted by Gasteiger charge is 2.65. The van der Waals surface area contributed by atoms with Crippen molar-refractivity contribution in [3.8, 4) is 11.5 Å². The predicted octanol–water partition coefficient (Wildman–Crippen LogP) is 0.945. The summed E-state index contributed by atoms with van der Waals surface area (Å²) in [5.74, 6) is -2.72. The molecule has 0 aliphatic carbocycles. The molecule has 8 heteroatoms. The van der Waals surface area contributed by atoms with Crippen molar-refractivity contribution in [1.29, 1.82) is 0 Å². The quantitative estimate of drug-likeness (QED) is 0.530. The molecule has 0 saturated carbocycles. The number of amides is 1. The number of hydrogen-bond acceptors (Lipinski definition) is 6. The second-order valence-corrected chi connectivity index (χ2v) is 7.38. The SMILES string of the molecule is NC1(Cc2ccccc2)c2c(O)cc(O)cc2C(C(=O)O)N2C(=O)CCC21O. The maximum atomic E-state index is 12.6. The van der Waals surface area contributed by atoms with E-state index < -0.39 is 34.9 Å². The second kappa shape index (κ2) is 5.95. The van der Waals surface area contributed by atoms with E-state index in [1.54, 1.807) is 24.3 Å². The average molecular weight is 384 g/mol. The van der Waals surface area contributed by atoms with Crippen molar-refractivity contribution >= 4 is 11.9 Å². The van der Waals surface area contributed by atoms with Gasteiger partial charge in [0.1, 0.15) is 11.5 Å². The Hall–Kier alpha value is -3.10. The van der Waals surface area contributed by atoms with Gasteiger partial charge in [-0.2, -0.15) is 0 Å². The van der Waals surface area contributed by atoms with Gasteiger partial charge >= 0.3 is 5.97 Å². The zero-order chi connectivity index (χ0) is 20.3. The molecule has 3 unspecified atom stereocenters. The molecule has 2 aromatic carbocycles. The summed E-state index contributed by atoms with van der Waals surface area (Å²) in [6, 6.07) is 9.64. The van der Waals surface area contributed by atoms with E-state index in [-0.39, 0.29) is 36.1 Å². The van der Waals surface area contributed by atoms with Gasteiger partial charge in [-0.05, 0) is 23.6 Å². The Bertz CT molecular complexity index is 978. The number of carboxylic acid groups (broad SMARTS) is 1. The van der Waals surface area contributed by atoms with Crippen LogP contribution in [0.15, 0.2) is 42.5 Å². The van der Waals surface area contributed by atoms with Crippen LogP contribution in [0, 0.1) is 0 Å². The fourth-order valence-electron chi connectivity index (χ4n) is 4.59. The molecule has 4 rings (SSSR count). The summed E-state index contributed by atoms with van der Waals surface area (Å²) in [5, 5.41) is 41.9. The zero-order valence-corrected chi connectivity index (χ0v) is 14.9. The van der Waals surface area contributed by atoms with Crippen molar-refractivity contribution in [3.63, 3.8) is 0 Å². The zero-order valence-electron chi connectivity index (χ0n) is 14.9. The van der Waals surface area contributed by atoms with E-state index in [2.05, 4.69) is 0 Å². The van der Waals surface area contributed by atoms with E-state index in [1.807, 2.05) is 6.07 Å². The Morgan fingerprint density at radius 3 is 2.54 bits per heavy atom. The van der Waals surface area contributed by atoms with Gasteiger partial charge in [0.2, 0.25) is 5.91 Å². The predicted molar refractivity (Wildman–Crippen MR) is 97.2 cm³/mol. The lowest BCUT2D eigenvalue weighted by Gasteiger charge is -2.54. The average Bonchev–Trinajstić information content (AvgIpc) is 2.92. The van der Waals surface area contributed by atoms with Crippen molar-refractivity contribution in [2.24, 2.45) is 5.73 Å². The molecule has 2 heterocycles. The normalized spacial score (nSPS) is 28.7. The van der Waals surface area contributed by atoms with Crippen molar-refractivity contribution in [2.75, 3.05) is 0 Å². The molecule has 1 saturated heterocycles. The highest BCUT2D eigenvalue weighted by atomic mass is 16.4. The number of fused-ring (bicyclic) bond motifs is 2. The number of rotatable bonds is 3. The minimum absolute atomic E-state index is 0.0108. The third-order valence-corrected chi connectivity index (χ3v) is 5.76. The molecule has 1 amide bonds. The van der Waals surface area contributed by atoms with Gasteiger partial charge in [0, 0.05) is 24.5 Å². The number of phenolic OH excluding ortho intramolecular Hbond substituents is 2. The Morgan fingerprint density at radius 2 is 1.89 bits per heavy atom. The molecule has 2 aliphatic heterocycles. The monoisotopic (exact) mass is 384 g/mol. The minimum atomic E-state index is -2.01. The second-order valence-electron chi connectivity index (χ2n) is 7.38. The molecule has 3 atom stereocenters. The number of phenols is 2. The molecule has 0 radical (unpaired) electrons. The third-order valence-electron chi connectivity index (χ3n) is 5.76. The number of benzene rings is 2. The topological polar surface area (TPSA) is 144 Å². The molecule has 28 heavy (non-hydrogen) atoms. The van der Waals surface area contributed by atoms with Crippen LogP contribution >= 0.6 is 0 Å². The first-order chi connectivity index (χ1) is 13.2. The first-order valence-electron chi connectivity index (χ1n) is 8.85. The Labute approximate surface area is 160 Å². The van der Waals surface area contributed by atoms with Crippen LogP contribution in [0.5, 0.6) is 11.5 Å². The van der Waals surface area contributed by atoms with Crippen LogP contribution in [-0.2, 0) is 21.5 Å². The summed E-state index contributed by atoms with van der Waals surface area (Å²) in [7, 11) is 0. The van der Waals surface area contributed by atoms with Gasteiger partial charge < -0.3 is 26.2 Å². The molecular weight excluding hydrogens is 364 g/mol. The summed E-state index contributed by atoms with van der Waals surface area (Å²) in [6.07, 6.45) is -0.0980. The van der Waals surface area contributed by atoms with Crippen molar-refractivity contribution < 1.29 is 30.0 Å². The van der Waals surface area contributed by atoms with Crippen LogP contribution in [0.2, 0.25) is 0 Å². The molecule has 1 fully saturated rings. The van der Waals surface area contributed by atoms with Gasteiger partial charge in [-0.15, -0.1) is 0 Å². The van der Waals surface area contributed by atoms with Crippen LogP contribution in [0.4, 0.5) is 0 Å². The lowest BCUT2D eigenvalue weighted by atomic mass is 9.68. The largest absolute Gasteiger partial charge is 0.508 e. The first kappa shape index (κ1) is 18.3. The molecule has 2 aromatic rings. The fourth-order valence-corrected chi connectivity index (χ4v) is 4.59. The summed E-state index contributed by atoms with van der Waals surface area (Å²) >= 11 is 0. The van der Waals surface area contributed by atoms with E-state index in [1.165, 1.54) is 6.07 Å². The maximum absolute atomic E-state index is 12.6. The summed E-state index contributed by atoms with van der Waals surface area (Å²) in [6.45, 7) is 0. The smallest absolute Gasteiger partial charge is 0.331 e. The van der Waals surface area contributed by atoms with E-state index in [0.29, 0.717) is 0 Å². The van der Waals surface area contributed by atoms with Crippen LogP contribution in [0.25, 0.3) is 0 Å². The number of carbonyl (C=O) groups excluding carboxylic acids is 1. The Morgan fingerprint density at radius 1 is 1.21 bits per heavy atom. The number of hydrogen-bond donors (Lipinski definition) is 5. The molecule has 0 spiro atoms. The van der Waals surface area contributed by atoms with Gasteiger partial charge in [0.25, 0.3) is 0 Å². The van der Waals surface area contributed by atoms with E-state index in [0.717, 1.165) is 16.5 Å². The number of nitrogens with two attached hydrogens (primary N) is 1. The Balaban J connectivity index is 2.03. The van der Waals surface area contributed by atoms with E-state index in [4.69, 9.17) is 5.73 Å². The summed E-state index contributed by atoms with van der Waals surface area (Å²) in [4.78, 5) is 25.5. The molecule has 0 bridgehead atoms. The number of aliphatic carboxylic acids is 1. The molecule has 146 valence electrons. The van der Waals surface area contributed by atoms with Crippen molar-refractivity contribution in [3.05, 3.63) is 59.2 Å². The van der Waals surface area contributed by atoms with Gasteiger partial charge in [-0.3, -0.25) is 9.69 Å². The summed E-state index contributed by atoms with van der Waals surface area (Å²) in [5.41, 5.74) is 3.78. The van der Waals surface area contributed by atoms with Crippen molar-refractivity contribution in [1.82, 2.24) is 4.90 Å². The van der Waals surface area contributed by atoms with Gasteiger partial charge in [0.05, 0.1) is 5.54 Å². The fraction of sp³-hybridized carbons (Fsp3) is 0.300. The van der Waals surface area contributed by atoms with Crippen LogP contribution < -0.4 is 5.73 Å². The highest BCUT2D eigenvalue weighted by molar-refractivity contribution is 5.89. The summed E-state index contributed by atoms with van der Waals surface area (Å²) < 4.78 is 0. The lowest BCUT2D eigenvalue weighted by molar-refractivity contribution is -0.191. The Kier molecular flexibility index (Phi) is 3.88. The molecule has 2 aliphatic rings. The number of nitrogens with zero attached hydrogens (tertiary/aromatic N) is 1.